The Morgan fingerprint density at radius 1 is 0.519 bits per heavy atom. The largest absolute Gasteiger partial charge is 0.481 e. The first-order chi connectivity index (χ1) is 25.6. The van der Waals surface area contributed by atoms with E-state index in [1.165, 1.54) is 218 Å². The first-order valence-corrected chi connectivity index (χ1v) is 23.3. The van der Waals surface area contributed by atoms with Crippen LogP contribution in [0.4, 0.5) is 0 Å². The zero-order chi connectivity index (χ0) is 37.4. The molecule has 52 heavy (non-hydrogen) atoms. The highest BCUT2D eigenvalue weighted by Gasteiger charge is 2.15. The smallest absolute Gasteiger partial charge is 0.305 e. The van der Waals surface area contributed by atoms with Gasteiger partial charge in [0.05, 0.1) is 19.0 Å². The fourth-order valence-electron chi connectivity index (χ4n) is 7.70. The first kappa shape index (κ1) is 48.4. The van der Waals surface area contributed by atoms with Gasteiger partial charge >= 0.3 is 11.9 Å². The van der Waals surface area contributed by atoms with E-state index in [-0.39, 0.29) is 5.97 Å². The SMILES string of the molecule is CCCCCCCCOC(=O)CCCCCCCCCCCCCCCCCN1CCN=C1CCCCCCCCCCCCCCCCC(=O)O. The molecule has 0 aromatic carbocycles. The molecule has 0 aromatic heterocycles. The van der Waals surface area contributed by atoms with E-state index in [1.54, 1.807) is 0 Å². The van der Waals surface area contributed by atoms with Gasteiger partial charge in [-0.15, -0.1) is 0 Å². The molecule has 0 bridgehead atoms. The van der Waals surface area contributed by atoms with Gasteiger partial charge in [0.25, 0.3) is 0 Å². The summed E-state index contributed by atoms with van der Waals surface area (Å²) >= 11 is 0. The number of esters is 1. The first-order valence-electron chi connectivity index (χ1n) is 23.3. The van der Waals surface area contributed by atoms with Crippen molar-refractivity contribution in [2.45, 2.75) is 251 Å². The van der Waals surface area contributed by atoms with Crippen LogP contribution >= 0.6 is 0 Å². The molecule has 6 nitrogen and oxygen atoms in total. The molecule has 0 spiro atoms. The number of carboxylic acid groups (broad SMARTS) is 1. The van der Waals surface area contributed by atoms with Crippen molar-refractivity contribution >= 4 is 17.8 Å². The van der Waals surface area contributed by atoms with Crippen molar-refractivity contribution in [1.82, 2.24) is 4.90 Å². The Labute approximate surface area is 323 Å². The van der Waals surface area contributed by atoms with Crippen LogP contribution in [0.15, 0.2) is 4.99 Å². The zero-order valence-electron chi connectivity index (χ0n) is 34.8. The van der Waals surface area contributed by atoms with Crippen LogP contribution in [0.2, 0.25) is 0 Å². The highest BCUT2D eigenvalue weighted by atomic mass is 16.5. The monoisotopic (exact) mass is 733 g/mol. The van der Waals surface area contributed by atoms with Crippen LogP contribution in [0, 0.1) is 0 Å². The lowest BCUT2D eigenvalue weighted by atomic mass is 10.0. The Bertz CT molecular complexity index is 816. The van der Waals surface area contributed by atoms with Gasteiger partial charge in [-0.2, -0.15) is 0 Å². The fraction of sp³-hybridized carbons (Fsp3) is 0.935. The Morgan fingerprint density at radius 3 is 1.37 bits per heavy atom. The third-order valence-corrected chi connectivity index (χ3v) is 11.1. The molecule has 1 N–H and O–H groups in total. The molecule has 0 atom stereocenters. The molecule has 0 fully saturated rings. The molecule has 0 unspecified atom stereocenters. The van der Waals surface area contributed by atoms with Gasteiger partial charge in [-0.25, -0.2) is 0 Å². The highest BCUT2D eigenvalue weighted by Crippen LogP contribution is 2.17. The molecule has 0 saturated heterocycles. The van der Waals surface area contributed by atoms with Crippen molar-refractivity contribution in [2.75, 3.05) is 26.2 Å². The van der Waals surface area contributed by atoms with E-state index in [9.17, 15) is 9.59 Å². The summed E-state index contributed by atoms with van der Waals surface area (Å²) in [5, 5.41) is 8.68. The van der Waals surface area contributed by atoms with Crippen molar-refractivity contribution in [3.63, 3.8) is 0 Å². The summed E-state index contributed by atoms with van der Waals surface area (Å²) in [6.07, 6.45) is 47.6. The van der Waals surface area contributed by atoms with Gasteiger partial charge in [0.2, 0.25) is 0 Å². The minimum atomic E-state index is -0.656. The number of carbonyl (C=O) groups excluding carboxylic acids is 1. The predicted molar refractivity (Wildman–Crippen MR) is 224 cm³/mol. The van der Waals surface area contributed by atoms with Crippen LogP contribution in [-0.2, 0) is 14.3 Å². The Balaban J connectivity index is 1.77. The fourth-order valence-corrected chi connectivity index (χ4v) is 7.70. The maximum Gasteiger partial charge on any atom is 0.305 e. The third-order valence-electron chi connectivity index (χ3n) is 11.1. The predicted octanol–water partition coefficient (Wildman–Crippen LogP) is 14.2. The summed E-state index contributed by atoms with van der Waals surface area (Å²) in [6, 6.07) is 0. The number of nitrogens with zero attached hydrogens (tertiary/aromatic N) is 2. The molecule has 1 heterocycles. The van der Waals surface area contributed by atoms with E-state index in [0.717, 1.165) is 38.8 Å². The second-order valence-electron chi connectivity index (χ2n) is 16.2. The average molecular weight is 733 g/mol. The minimum absolute atomic E-state index is 0.0122. The summed E-state index contributed by atoms with van der Waals surface area (Å²) in [6.45, 7) is 6.24. The molecule has 0 radical (unpaired) electrons. The van der Waals surface area contributed by atoms with E-state index < -0.39 is 5.97 Å². The normalized spacial score (nSPS) is 12.9. The summed E-state index contributed by atoms with van der Waals surface area (Å²) in [7, 11) is 0. The van der Waals surface area contributed by atoms with Crippen molar-refractivity contribution in [1.29, 1.82) is 0 Å². The maximum atomic E-state index is 11.9. The number of ether oxygens (including phenoxy) is 1. The van der Waals surface area contributed by atoms with E-state index in [2.05, 4.69) is 11.8 Å². The van der Waals surface area contributed by atoms with Gasteiger partial charge in [0.1, 0.15) is 0 Å². The maximum absolute atomic E-state index is 11.9. The molecule has 306 valence electrons. The molecule has 1 rings (SSSR count). The van der Waals surface area contributed by atoms with Crippen LogP contribution in [0.1, 0.15) is 251 Å². The number of amidine groups is 1. The van der Waals surface area contributed by atoms with Crippen LogP contribution in [-0.4, -0.2) is 54.0 Å². The summed E-state index contributed by atoms with van der Waals surface area (Å²) in [4.78, 5) is 29.8. The van der Waals surface area contributed by atoms with Gasteiger partial charge in [0, 0.05) is 32.4 Å². The quantitative estimate of drug-likeness (QED) is 0.0499. The molecule has 0 saturated carbocycles. The summed E-state index contributed by atoms with van der Waals surface area (Å²) in [5.74, 6) is 0.757. The van der Waals surface area contributed by atoms with Crippen molar-refractivity contribution in [2.24, 2.45) is 4.99 Å². The van der Waals surface area contributed by atoms with Gasteiger partial charge in [-0.05, 0) is 32.1 Å². The summed E-state index contributed by atoms with van der Waals surface area (Å²) in [5.41, 5.74) is 0. The van der Waals surface area contributed by atoms with Crippen LogP contribution in [0.5, 0.6) is 0 Å². The molecule has 1 aliphatic rings. The standard InChI is InChI=1S/C46H88N2O4/c1-2-3-4-5-31-36-43-52-46(51)39-34-29-25-21-17-13-7-6-10-14-18-22-26-30-35-41-48-42-40-47-44(48)37-32-27-23-19-15-11-8-9-12-16-20-24-28-33-38-45(49)50/h2-43H2,1H3,(H,49,50). The van der Waals surface area contributed by atoms with Crippen molar-refractivity contribution in [3.05, 3.63) is 0 Å². The number of aliphatic carboxylic acids is 1. The number of unbranched alkanes of at least 4 members (excludes halogenated alkanes) is 32. The average Bonchev–Trinajstić information content (AvgIpc) is 3.59. The molecule has 0 amide bonds. The second kappa shape index (κ2) is 39.1. The van der Waals surface area contributed by atoms with E-state index in [4.69, 9.17) is 14.8 Å². The second-order valence-corrected chi connectivity index (χ2v) is 16.2. The Morgan fingerprint density at radius 2 is 0.904 bits per heavy atom. The van der Waals surface area contributed by atoms with Gasteiger partial charge in [0.15, 0.2) is 0 Å². The topological polar surface area (TPSA) is 79.2 Å². The van der Waals surface area contributed by atoms with Crippen molar-refractivity contribution in [3.8, 4) is 0 Å². The third kappa shape index (κ3) is 34.2. The van der Waals surface area contributed by atoms with E-state index >= 15 is 0 Å². The molecular weight excluding hydrogens is 645 g/mol. The molecule has 1 aliphatic heterocycles. The van der Waals surface area contributed by atoms with Gasteiger partial charge in [-0.1, -0.05) is 200 Å². The minimum Gasteiger partial charge on any atom is -0.481 e. The van der Waals surface area contributed by atoms with Crippen LogP contribution in [0.25, 0.3) is 0 Å². The van der Waals surface area contributed by atoms with E-state index in [1.807, 2.05) is 0 Å². The number of aliphatic imine (C=N–C) groups is 1. The number of hydrogen-bond donors (Lipinski definition) is 1. The Kier molecular flexibility index (Phi) is 36.4. The number of carbonyl (C=O) groups is 2. The van der Waals surface area contributed by atoms with E-state index in [0.29, 0.717) is 19.4 Å². The lowest BCUT2D eigenvalue weighted by Gasteiger charge is -2.20. The van der Waals surface area contributed by atoms with Crippen LogP contribution in [0.3, 0.4) is 0 Å². The van der Waals surface area contributed by atoms with Gasteiger partial charge < -0.3 is 14.7 Å². The van der Waals surface area contributed by atoms with Crippen LogP contribution < -0.4 is 0 Å². The number of carboxylic acids is 1. The number of hydrogen-bond acceptors (Lipinski definition) is 5. The van der Waals surface area contributed by atoms with Gasteiger partial charge in [-0.3, -0.25) is 14.6 Å². The highest BCUT2D eigenvalue weighted by molar-refractivity contribution is 5.83. The lowest BCUT2D eigenvalue weighted by Crippen LogP contribution is -2.28. The van der Waals surface area contributed by atoms with Crippen molar-refractivity contribution < 1.29 is 19.4 Å². The molecule has 0 aliphatic carbocycles. The molecule has 6 heteroatoms. The summed E-state index contributed by atoms with van der Waals surface area (Å²) < 4.78 is 5.38. The molecule has 0 aromatic rings. The lowest BCUT2D eigenvalue weighted by molar-refractivity contribution is -0.144. The Hall–Kier alpha value is -1.59. The molecular formula is C46H88N2O4. The zero-order valence-corrected chi connectivity index (χ0v) is 34.8. The number of rotatable bonds is 42.